The molecule has 0 rings (SSSR count). The molecule has 16 heavy (non-hydrogen) atoms. The molecule has 0 fully saturated rings. The van der Waals surface area contributed by atoms with Crippen molar-refractivity contribution in [3.05, 3.63) is 12.7 Å². The molecule has 0 aliphatic heterocycles. The summed E-state index contributed by atoms with van der Waals surface area (Å²) in [6, 6.07) is 0. The van der Waals surface area contributed by atoms with Crippen molar-refractivity contribution in [3.63, 3.8) is 0 Å². The van der Waals surface area contributed by atoms with Gasteiger partial charge in [0.1, 0.15) is 0 Å². The Labute approximate surface area is 86.3 Å². The molecule has 0 radical (unpaired) electrons. The summed E-state index contributed by atoms with van der Waals surface area (Å²) in [5.74, 6) is -0.394. The van der Waals surface area contributed by atoms with Crippen molar-refractivity contribution >= 4 is 5.97 Å². The maximum atomic E-state index is 11.0. The number of hydrogen-bond acceptors (Lipinski definition) is 3. The second-order valence-electron chi connectivity index (χ2n) is 2.21. The highest BCUT2D eigenvalue weighted by atomic mass is 19.4. The zero-order valence-corrected chi connectivity index (χ0v) is 7.89. The van der Waals surface area contributed by atoms with E-state index >= 15 is 0 Å². The number of carbonyl (C=O) groups excluding carboxylic acids is 1. The summed E-state index contributed by atoms with van der Waals surface area (Å²) in [5, 5.41) is 7.47. The van der Waals surface area contributed by atoms with E-state index < -0.39 is 24.4 Å². The van der Waals surface area contributed by atoms with Crippen molar-refractivity contribution in [2.45, 2.75) is 18.5 Å². The number of esters is 1. The van der Waals surface area contributed by atoms with Crippen LogP contribution in [0.5, 0.6) is 0 Å². The number of aliphatic hydroxyl groups excluding tert-OH is 1. The largest absolute Gasteiger partial charge is 0.466 e. The Morgan fingerprint density at radius 1 is 1.25 bits per heavy atom. The van der Waals surface area contributed by atoms with Gasteiger partial charge in [-0.1, -0.05) is 6.58 Å². The van der Waals surface area contributed by atoms with E-state index in [4.69, 9.17) is 5.11 Å². The molecule has 0 saturated heterocycles. The summed E-state index contributed by atoms with van der Waals surface area (Å²) >= 11 is 0. The van der Waals surface area contributed by atoms with Gasteiger partial charge in [-0.05, 0) is 0 Å². The summed E-state index contributed by atoms with van der Waals surface area (Å²) < 4.78 is 70.0. The van der Waals surface area contributed by atoms with E-state index in [0.29, 0.717) is 0 Å². The highest BCUT2D eigenvalue weighted by molar-refractivity contribution is 5.80. The molecular formula is C7H8F6O3. The van der Waals surface area contributed by atoms with Crippen LogP contribution in [-0.2, 0) is 9.53 Å². The molecule has 0 bridgehead atoms. The van der Waals surface area contributed by atoms with Crippen molar-refractivity contribution < 1.29 is 41.0 Å². The van der Waals surface area contributed by atoms with Gasteiger partial charge in [0.15, 0.2) is 0 Å². The van der Waals surface area contributed by atoms with E-state index in [0.717, 1.165) is 6.08 Å². The Morgan fingerprint density at radius 3 is 1.56 bits per heavy atom. The first kappa shape index (κ1) is 17.2. The molecule has 0 unspecified atom stereocenters. The average molecular weight is 254 g/mol. The third-order valence-electron chi connectivity index (χ3n) is 0.988. The minimum atomic E-state index is -5.63. The lowest BCUT2D eigenvalue weighted by molar-refractivity contribution is -0.308. The zero-order chi connectivity index (χ0) is 13.6. The van der Waals surface area contributed by atoms with Crippen LogP contribution in [0.4, 0.5) is 26.3 Å². The predicted molar refractivity (Wildman–Crippen MR) is 40.3 cm³/mol. The Bertz CT molecular complexity index is 217. The number of carbonyl (C=O) groups is 1. The molecule has 3 nitrogen and oxygen atoms in total. The van der Waals surface area contributed by atoms with E-state index in [2.05, 4.69) is 11.3 Å². The number of halogens is 6. The summed E-state index contributed by atoms with van der Waals surface area (Å²) in [5.41, 5.74) is 0. The van der Waals surface area contributed by atoms with E-state index in [9.17, 15) is 31.1 Å². The molecule has 0 aromatic carbocycles. The molecule has 0 spiro atoms. The minimum absolute atomic E-state index is 0.394. The predicted octanol–water partition coefficient (Wildman–Crippen LogP) is 1.82. The van der Waals surface area contributed by atoms with Gasteiger partial charge in [0.25, 0.3) is 0 Å². The van der Waals surface area contributed by atoms with Crippen molar-refractivity contribution in [3.8, 4) is 0 Å². The van der Waals surface area contributed by atoms with Gasteiger partial charge >= 0.3 is 18.3 Å². The summed E-state index contributed by atoms with van der Waals surface area (Å²) in [6.07, 6.45) is -14.4. The lowest BCUT2D eigenvalue weighted by Crippen LogP contribution is -2.41. The fourth-order valence-corrected chi connectivity index (χ4v) is 0.269. The molecular weight excluding hydrogens is 246 g/mol. The van der Waals surface area contributed by atoms with Crippen LogP contribution in [0.1, 0.15) is 0 Å². The maximum absolute atomic E-state index is 11.0. The number of methoxy groups -OCH3 is 1. The minimum Gasteiger partial charge on any atom is -0.466 e. The molecule has 0 saturated carbocycles. The first-order valence-electron chi connectivity index (χ1n) is 3.48. The van der Waals surface area contributed by atoms with Crippen molar-refractivity contribution in [1.29, 1.82) is 0 Å². The van der Waals surface area contributed by atoms with Gasteiger partial charge in [-0.15, -0.1) is 0 Å². The van der Waals surface area contributed by atoms with Crippen molar-refractivity contribution in [2.24, 2.45) is 0 Å². The smallest absolute Gasteiger partial charge is 0.423 e. The van der Waals surface area contributed by atoms with Crippen LogP contribution in [-0.4, -0.2) is 36.6 Å². The SMILES string of the molecule is C=CC(=O)OC.OC(C(F)(F)F)C(F)(F)F. The molecule has 0 amide bonds. The van der Waals surface area contributed by atoms with Gasteiger partial charge in [0, 0.05) is 6.08 Å². The number of alkyl halides is 6. The summed E-state index contributed by atoms with van der Waals surface area (Å²) in [6.45, 7) is 3.16. The second kappa shape index (κ2) is 6.36. The molecule has 0 atom stereocenters. The van der Waals surface area contributed by atoms with Crippen LogP contribution in [0, 0.1) is 0 Å². The summed E-state index contributed by atoms with van der Waals surface area (Å²) in [4.78, 5) is 9.84. The Balaban J connectivity index is 0. The molecule has 0 aromatic heterocycles. The molecule has 9 heteroatoms. The molecule has 0 heterocycles. The normalized spacial score (nSPS) is 11.6. The fraction of sp³-hybridized carbons (Fsp3) is 0.571. The van der Waals surface area contributed by atoms with Crippen LogP contribution in [0.2, 0.25) is 0 Å². The van der Waals surface area contributed by atoms with Gasteiger partial charge in [-0.2, -0.15) is 26.3 Å². The first-order chi connectivity index (χ1) is 6.96. The van der Waals surface area contributed by atoms with Gasteiger partial charge in [0.2, 0.25) is 6.10 Å². The maximum Gasteiger partial charge on any atom is 0.423 e. The first-order valence-corrected chi connectivity index (χ1v) is 3.48. The van der Waals surface area contributed by atoms with Crippen LogP contribution < -0.4 is 0 Å². The van der Waals surface area contributed by atoms with E-state index in [1.807, 2.05) is 0 Å². The number of aliphatic hydroxyl groups is 1. The van der Waals surface area contributed by atoms with Crippen LogP contribution in [0.3, 0.4) is 0 Å². The molecule has 0 aliphatic carbocycles. The van der Waals surface area contributed by atoms with E-state index in [-0.39, 0.29) is 0 Å². The van der Waals surface area contributed by atoms with Crippen LogP contribution in [0.25, 0.3) is 0 Å². The second-order valence-corrected chi connectivity index (χ2v) is 2.21. The van der Waals surface area contributed by atoms with Gasteiger partial charge in [-0.25, -0.2) is 4.79 Å². The average Bonchev–Trinajstić information content (AvgIpc) is 2.13. The molecule has 1 N–H and O–H groups in total. The lowest BCUT2D eigenvalue weighted by atomic mass is 10.3. The Morgan fingerprint density at radius 2 is 1.56 bits per heavy atom. The zero-order valence-electron chi connectivity index (χ0n) is 7.89. The highest BCUT2D eigenvalue weighted by Gasteiger charge is 2.55. The molecule has 96 valence electrons. The van der Waals surface area contributed by atoms with Crippen molar-refractivity contribution in [1.82, 2.24) is 0 Å². The van der Waals surface area contributed by atoms with Crippen molar-refractivity contribution in [2.75, 3.05) is 7.11 Å². The number of rotatable bonds is 1. The summed E-state index contributed by atoms with van der Waals surface area (Å²) in [7, 11) is 1.31. The topological polar surface area (TPSA) is 46.5 Å². The quantitative estimate of drug-likeness (QED) is 0.441. The monoisotopic (exact) mass is 254 g/mol. The standard InChI is InChI=1S/C4H6O2.C3H2F6O/c1-3-4(5)6-2;4-2(5,6)1(10)3(7,8)9/h3H,1H2,2H3;1,10H. The Kier molecular flexibility index (Phi) is 6.82. The number of hydrogen-bond donors (Lipinski definition) is 1. The van der Waals surface area contributed by atoms with E-state index in [1.54, 1.807) is 0 Å². The van der Waals surface area contributed by atoms with E-state index in [1.165, 1.54) is 7.11 Å². The molecule has 0 aromatic rings. The van der Waals surface area contributed by atoms with Gasteiger partial charge in [0.05, 0.1) is 7.11 Å². The number of ether oxygens (including phenoxy) is 1. The van der Waals surface area contributed by atoms with Crippen LogP contribution >= 0.6 is 0 Å². The van der Waals surface area contributed by atoms with Gasteiger partial charge < -0.3 is 9.84 Å². The van der Waals surface area contributed by atoms with Gasteiger partial charge in [-0.3, -0.25) is 0 Å². The molecule has 0 aliphatic rings. The van der Waals surface area contributed by atoms with Crippen LogP contribution in [0.15, 0.2) is 12.7 Å². The third kappa shape index (κ3) is 8.09. The Hall–Kier alpha value is -1.25. The highest BCUT2D eigenvalue weighted by Crippen LogP contribution is 2.32. The fourth-order valence-electron chi connectivity index (χ4n) is 0.269. The third-order valence-corrected chi connectivity index (χ3v) is 0.988. The lowest BCUT2D eigenvalue weighted by Gasteiger charge is -2.16.